The first kappa shape index (κ1) is 13.9. The van der Waals surface area contributed by atoms with Crippen molar-refractivity contribution in [2.24, 2.45) is 7.05 Å². The van der Waals surface area contributed by atoms with Crippen molar-refractivity contribution in [3.8, 4) is 0 Å². The first-order valence-electron chi connectivity index (χ1n) is 7.62. The molecule has 1 fully saturated rings. The van der Waals surface area contributed by atoms with Gasteiger partial charge in [0.2, 0.25) is 5.95 Å². The molecule has 0 spiro atoms. The summed E-state index contributed by atoms with van der Waals surface area (Å²) >= 11 is 0. The van der Waals surface area contributed by atoms with Crippen LogP contribution in [0, 0.1) is 0 Å². The summed E-state index contributed by atoms with van der Waals surface area (Å²) in [5.74, 6) is 1.26. The maximum Gasteiger partial charge on any atom is 0.230 e. The smallest absolute Gasteiger partial charge is 0.230 e. The molecule has 3 aromatic heterocycles. The summed E-state index contributed by atoms with van der Waals surface area (Å²) in [5, 5.41) is 6.53. The number of hydrogen-bond donors (Lipinski definition) is 2. The second kappa shape index (κ2) is 5.81. The number of pyridine rings is 1. The van der Waals surface area contributed by atoms with E-state index in [1.807, 2.05) is 29.9 Å². The van der Waals surface area contributed by atoms with Crippen LogP contribution in [-0.2, 0) is 7.05 Å². The number of rotatable bonds is 3. The fourth-order valence-corrected chi connectivity index (χ4v) is 2.70. The van der Waals surface area contributed by atoms with Crippen LogP contribution in [0.15, 0.2) is 30.9 Å². The van der Waals surface area contributed by atoms with Crippen molar-refractivity contribution in [1.82, 2.24) is 29.8 Å². The summed E-state index contributed by atoms with van der Waals surface area (Å²) in [6, 6.07) is 4.06. The number of aryl methyl sites for hydroxylation is 1. The molecule has 1 saturated heterocycles. The summed E-state index contributed by atoms with van der Waals surface area (Å²) in [7, 11) is 1.91. The minimum Gasteiger partial charge on any atom is -0.369 e. The van der Waals surface area contributed by atoms with Crippen molar-refractivity contribution >= 4 is 28.6 Å². The van der Waals surface area contributed by atoms with Crippen molar-refractivity contribution in [1.29, 1.82) is 0 Å². The number of nitrogens with one attached hydrogen (secondary N) is 2. The lowest BCUT2D eigenvalue weighted by atomic mass is 10.3. The normalized spacial score (nSPS) is 15.1. The van der Waals surface area contributed by atoms with E-state index in [1.165, 1.54) is 0 Å². The Morgan fingerprint density at radius 3 is 2.91 bits per heavy atom. The lowest BCUT2D eigenvalue weighted by Gasteiger charge is -2.29. The largest absolute Gasteiger partial charge is 0.369 e. The lowest BCUT2D eigenvalue weighted by molar-refractivity contribution is 0.589. The van der Waals surface area contributed by atoms with Gasteiger partial charge in [0.05, 0.1) is 12.5 Å². The van der Waals surface area contributed by atoms with Gasteiger partial charge < -0.3 is 20.1 Å². The lowest BCUT2D eigenvalue weighted by Crippen LogP contribution is -2.43. The SMILES string of the molecule is Cn1cnc2cnc(Nc3cc(N4CCNCC4)ccn3)nc21. The quantitative estimate of drug-likeness (QED) is 0.744. The molecule has 8 heteroatoms. The number of fused-ring (bicyclic) bond motifs is 1. The van der Waals surface area contributed by atoms with Crippen molar-refractivity contribution in [2.75, 3.05) is 36.4 Å². The molecule has 0 aromatic carbocycles. The van der Waals surface area contributed by atoms with Crippen LogP contribution in [0.3, 0.4) is 0 Å². The van der Waals surface area contributed by atoms with Gasteiger partial charge in [0.25, 0.3) is 0 Å². The van der Waals surface area contributed by atoms with Crippen molar-refractivity contribution in [3.05, 3.63) is 30.9 Å². The van der Waals surface area contributed by atoms with Crippen LogP contribution in [0.1, 0.15) is 0 Å². The number of hydrogen-bond acceptors (Lipinski definition) is 7. The predicted molar refractivity (Wildman–Crippen MR) is 88.9 cm³/mol. The highest BCUT2D eigenvalue weighted by Gasteiger charge is 2.11. The molecule has 0 bridgehead atoms. The van der Waals surface area contributed by atoms with E-state index < -0.39 is 0 Å². The van der Waals surface area contributed by atoms with E-state index in [0.29, 0.717) is 5.95 Å². The van der Waals surface area contributed by atoms with Crippen LogP contribution in [0.5, 0.6) is 0 Å². The number of nitrogens with zero attached hydrogens (tertiary/aromatic N) is 6. The third kappa shape index (κ3) is 2.80. The predicted octanol–water partition coefficient (Wildman–Crippen LogP) is 0.911. The average molecular weight is 310 g/mol. The molecule has 4 rings (SSSR count). The molecule has 0 radical (unpaired) electrons. The molecule has 0 amide bonds. The van der Waals surface area contributed by atoms with Crippen LogP contribution in [0.25, 0.3) is 11.2 Å². The molecule has 118 valence electrons. The van der Waals surface area contributed by atoms with Crippen molar-refractivity contribution in [2.45, 2.75) is 0 Å². The molecule has 0 atom stereocenters. The Balaban J connectivity index is 1.58. The van der Waals surface area contributed by atoms with Gasteiger partial charge in [0, 0.05) is 51.2 Å². The molecule has 23 heavy (non-hydrogen) atoms. The molecular weight excluding hydrogens is 292 g/mol. The van der Waals surface area contributed by atoms with Crippen LogP contribution >= 0.6 is 0 Å². The zero-order chi connectivity index (χ0) is 15.6. The fourth-order valence-electron chi connectivity index (χ4n) is 2.70. The molecule has 0 unspecified atom stereocenters. The average Bonchev–Trinajstić information content (AvgIpc) is 2.97. The van der Waals surface area contributed by atoms with Crippen molar-refractivity contribution < 1.29 is 0 Å². The highest BCUT2D eigenvalue weighted by Crippen LogP contribution is 2.20. The minimum atomic E-state index is 0.520. The fraction of sp³-hybridized carbons (Fsp3) is 0.333. The second-order valence-corrected chi connectivity index (χ2v) is 5.52. The maximum atomic E-state index is 4.49. The summed E-state index contributed by atoms with van der Waals surface area (Å²) in [6.45, 7) is 4.01. The zero-order valence-corrected chi connectivity index (χ0v) is 12.9. The third-order valence-corrected chi connectivity index (χ3v) is 3.92. The van der Waals surface area contributed by atoms with E-state index in [2.05, 4.69) is 35.5 Å². The Labute approximate surface area is 133 Å². The molecule has 8 nitrogen and oxygen atoms in total. The van der Waals surface area contributed by atoms with Gasteiger partial charge in [-0.3, -0.25) is 0 Å². The number of piperazine rings is 1. The van der Waals surface area contributed by atoms with Gasteiger partial charge in [-0.1, -0.05) is 0 Å². The second-order valence-electron chi connectivity index (χ2n) is 5.52. The Hall–Kier alpha value is -2.74. The van der Waals surface area contributed by atoms with Crippen LogP contribution in [0.4, 0.5) is 17.5 Å². The molecule has 1 aliphatic heterocycles. The van der Waals surface area contributed by atoms with Gasteiger partial charge in [-0.15, -0.1) is 0 Å². The van der Waals surface area contributed by atoms with E-state index in [0.717, 1.165) is 48.8 Å². The van der Waals surface area contributed by atoms with Crippen LogP contribution in [0.2, 0.25) is 0 Å². The Bertz CT molecular complexity index is 821. The number of anilines is 3. The molecule has 0 saturated carbocycles. The minimum absolute atomic E-state index is 0.520. The van der Waals surface area contributed by atoms with Crippen LogP contribution in [-0.4, -0.2) is 50.7 Å². The van der Waals surface area contributed by atoms with Crippen molar-refractivity contribution in [3.63, 3.8) is 0 Å². The van der Waals surface area contributed by atoms with Gasteiger partial charge in [-0.2, -0.15) is 4.98 Å². The molecule has 1 aliphatic rings. The highest BCUT2D eigenvalue weighted by molar-refractivity contribution is 5.71. The summed E-state index contributed by atoms with van der Waals surface area (Å²) in [6.07, 6.45) is 5.25. The summed E-state index contributed by atoms with van der Waals surface area (Å²) in [4.78, 5) is 19.7. The summed E-state index contributed by atoms with van der Waals surface area (Å²) < 4.78 is 1.87. The third-order valence-electron chi connectivity index (χ3n) is 3.92. The maximum absolute atomic E-state index is 4.49. The first-order valence-corrected chi connectivity index (χ1v) is 7.62. The van der Waals surface area contributed by atoms with Gasteiger partial charge in [-0.25, -0.2) is 15.0 Å². The number of imidazole rings is 1. The Morgan fingerprint density at radius 1 is 1.17 bits per heavy atom. The number of aromatic nitrogens is 5. The van der Waals surface area contributed by atoms with Gasteiger partial charge >= 0.3 is 0 Å². The Morgan fingerprint density at radius 2 is 2.04 bits per heavy atom. The van der Waals surface area contributed by atoms with Gasteiger partial charge in [0.1, 0.15) is 11.3 Å². The molecule has 2 N–H and O–H groups in total. The topological polar surface area (TPSA) is 83.8 Å². The molecule has 4 heterocycles. The standard InChI is InChI=1S/C15H18N8/c1-22-10-19-12-9-18-15(21-14(12)22)20-13-8-11(2-3-17-13)23-6-4-16-5-7-23/h2-3,8-10,16H,4-7H2,1H3,(H,17,18,20,21). The van der Waals surface area contributed by atoms with E-state index in [1.54, 1.807) is 12.5 Å². The van der Waals surface area contributed by atoms with Gasteiger partial charge in [-0.05, 0) is 6.07 Å². The van der Waals surface area contributed by atoms with E-state index in [4.69, 9.17) is 0 Å². The van der Waals surface area contributed by atoms with Gasteiger partial charge in [0.15, 0.2) is 5.65 Å². The Kier molecular flexibility index (Phi) is 3.51. The zero-order valence-electron chi connectivity index (χ0n) is 12.9. The first-order chi connectivity index (χ1) is 11.3. The van der Waals surface area contributed by atoms with E-state index in [9.17, 15) is 0 Å². The van der Waals surface area contributed by atoms with E-state index in [-0.39, 0.29) is 0 Å². The monoisotopic (exact) mass is 310 g/mol. The molecular formula is C15H18N8. The molecule has 3 aromatic rings. The van der Waals surface area contributed by atoms with E-state index >= 15 is 0 Å². The molecule has 0 aliphatic carbocycles. The highest BCUT2D eigenvalue weighted by atomic mass is 15.2. The van der Waals surface area contributed by atoms with Crippen LogP contribution < -0.4 is 15.5 Å². The summed E-state index contributed by atoms with van der Waals surface area (Å²) in [5.41, 5.74) is 2.73.